The summed E-state index contributed by atoms with van der Waals surface area (Å²) in [4.78, 5) is 19.7. The molecule has 0 saturated heterocycles. The number of rotatable bonds is 3. The van der Waals surface area contributed by atoms with Gasteiger partial charge in [-0.1, -0.05) is 0 Å². The van der Waals surface area contributed by atoms with Crippen molar-refractivity contribution in [2.75, 3.05) is 12.8 Å². The van der Waals surface area contributed by atoms with Gasteiger partial charge in [-0.05, 0) is 24.3 Å². The van der Waals surface area contributed by atoms with Crippen LogP contribution in [0.2, 0.25) is 0 Å². The van der Waals surface area contributed by atoms with Crippen molar-refractivity contribution in [3.8, 4) is 5.75 Å². The highest BCUT2D eigenvalue weighted by Gasteiger charge is 2.15. The van der Waals surface area contributed by atoms with Gasteiger partial charge in [-0.2, -0.15) is 0 Å². The highest BCUT2D eigenvalue weighted by Crippen LogP contribution is 2.25. The van der Waals surface area contributed by atoms with Gasteiger partial charge in [0.05, 0.1) is 12.8 Å². The number of benzene rings is 1. The normalized spacial score (nSPS) is 10.7. The summed E-state index contributed by atoms with van der Waals surface area (Å²) in [5.41, 5.74) is 8.25. The number of ether oxygens (including phenoxy) is 1. The number of ketones is 1. The lowest BCUT2D eigenvalue weighted by Crippen LogP contribution is -2.02. The molecule has 0 unspecified atom stereocenters. The average Bonchev–Trinajstić information content (AvgIpc) is 2.91. The van der Waals surface area contributed by atoms with Crippen LogP contribution in [0.3, 0.4) is 0 Å². The van der Waals surface area contributed by atoms with Gasteiger partial charge < -0.3 is 15.5 Å². The van der Waals surface area contributed by atoms with Gasteiger partial charge in [0, 0.05) is 40.6 Å². The van der Waals surface area contributed by atoms with Crippen molar-refractivity contribution >= 4 is 22.4 Å². The molecule has 0 spiro atoms. The molecule has 0 fully saturated rings. The highest BCUT2D eigenvalue weighted by atomic mass is 16.5. The van der Waals surface area contributed by atoms with E-state index in [0.717, 1.165) is 10.9 Å². The Morgan fingerprint density at radius 2 is 2.20 bits per heavy atom. The lowest BCUT2D eigenvalue weighted by molar-refractivity contribution is 0.104. The van der Waals surface area contributed by atoms with Crippen LogP contribution in [0, 0.1) is 0 Å². The third-order valence-electron chi connectivity index (χ3n) is 3.22. The number of nitrogens with zero attached hydrogens (tertiary/aromatic N) is 1. The van der Waals surface area contributed by atoms with E-state index >= 15 is 0 Å². The molecule has 2 aromatic heterocycles. The lowest BCUT2D eigenvalue weighted by Gasteiger charge is -2.06. The molecule has 0 atom stereocenters. The summed E-state index contributed by atoms with van der Waals surface area (Å²) in [6.45, 7) is 0. The summed E-state index contributed by atoms with van der Waals surface area (Å²) in [5, 5.41) is 0.799. The van der Waals surface area contributed by atoms with E-state index in [1.165, 1.54) is 7.11 Å². The smallest absolute Gasteiger partial charge is 0.195 e. The second kappa shape index (κ2) is 4.70. The summed E-state index contributed by atoms with van der Waals surface area (Å²) in [5.74, 6) is 0.399. The topological polar surface area (TPSA) is 81.0 Å². The van der Waals surface area contributed by atoms with Gasteiger partial charge in [0.2, 0.25) is 0 Å². The minimum Gasteiger partial charge on any atom is -0.495 e. The third kappa shape index (κ3) is 1.89. The minimum absolute atomic E-state index is 0.0949. The predicted octanol–water partition coefficient (Wildman–Crippen LogP) is 2.38. The van der Waals surface area contributed by atoms with Crippen molar-refractivity contribution in [1.82, 2.24) is 9.97 Å². The molecule has 0 radical (unpaired) electrons. The number of anilines is 1. The van der Waals surface area contributed by atoms with Crippen molar-refractivity contribution in [2.24, 2.45) is 0 Å². The van der Waals surface area contributed by atoms with Crippen molar-refractivity contribution in [3.05, 3.63) is 54.0 Å². The Balaban J connectivity index is 2.08. The van der Waals surface area contributed by atoms with Crippen molar-refractivity contribution < 1.29 is 9.53 Å². The summed E-state index contributed by atoms with van der Waals surface area (Å²) in [6, 6.07) is 6.83. The van der Waals surface area contributed by atoms with Crippen LogP contribution in [0.5, 0.6) is 5.75 Å². The monoisotopic (exact) mass is 267 g/mol. The zero-order valence-electron chi connectivity index (χ0n) is 10.9. The van der Waals surface area contributed by atoms with Crippen LogP contribution in [-0.4, -0.2) is 22.9 Å². The molecule has 100 valence electrons. The van der Waals surface area contributed by atoms with E-state index in [0.29, 0.717) is 22.6 Å². The fraction of sp³-hybridized carbons (Fsp3) is 0.0667. The maximum Gasteiger partial charge on any atom is 0.195 e. The molecule has 3 aromatic rings. The van der Waals surface area contributed by atoms with Gasteiger partial charge in [-0.3, -0.25) is 9.78 Å². The first kappa shape index (κ1) is 12.2. The Morgan fingerprint density at radius 1 is 1.35 bits per heavy atom. The second-order valence-corrected chi connectivity index (χ2v) is 4.41. The fourth-order valence-electron chi connectivity index (χ4n) is 2.16. The Hall–Kier alpha value is -2.82. The number of aromatic amines is 1. The maximum absolute atomic E-state index is 12.6. The number of nitrogens with one attached hydrogen (secondary N) is 1. The molecule has 0 saturated carbocycles. The molecule has 0 aliphatic carbocycles. The molecule has 2 heterocycles. The Labute approximate surface area is 115 Å². The Bertz CT molecular complexity index is 793. The van der Waals surface area contributed by atoms with E-state index in [9.17, 15) is 4.79 Å². The molecule has 3 rings (SSSR count). The molecule has 3 N–H and O–H groups in total. The number of aromatic nitrogens is 2. The quantitative estimate of drug-likeness (QED) is 0.564. The van der Waals surface area contributed by atoms with E-state index in [2.05, 4.69) is 9.97 Å². The second-order valence-electron chi connectivity index (χ2n) is 4.41. The zero-order valence-corrected chi connectivity index (χ0v) is 10.9. The summed E-state index contributed by atoms with van der Waals surface area (Å²) >= 11 is 0. The summed E-state index contributed by atoms with van der Waals surface area (Å²) in [6.07, 6.45) is 5.05. The number of fused-ring (bicyclic) bond motifs is 1. The lowest BCUT2D eigenvalue weighted by atomic mass is 10.0. The van der Waals surface area contributed by atoms with Gasteiger partial charge in [-0.25, -0.2) is 0 Å². The number of carbonyl (C=O) groups is 1. The zero-order chi connectivity index (χ0) is 14.1. The average molecular weight is 267 g/mol. The fourth-order valence-corrected chi connectivity index (χ4v) is 2.16. The van der Waals surface area contributed by atoms with Gasteiger partial charge in [0.25, 0.3) is 0 Å². The number of carbonyl (C=O) groups excluding carboxylic acids is 1. The largest absolute Gasteiger partial charge is 0.495 e. The van der Waals surface area contributed by atoms with Gasteiger partial charge >= 0.3 is 0 Å². The molecular weight excluding hydrogens is 254 g/mol. The SMILES string of the molecule is COc1cc(C(=O)c2c[nH]c3ccncc23)ccc1N. The number of hydrogen-bond acceptors (Lipinski definition) is 4. The maximum atomic E-state index is 12.6. The summed E-state index contributed by atoms with van der Waals surface area (Å²) < 4.78 is 5.14. The molecular formula is C15H13N3O2. The Morgan fingerprint density at radius 3 is 3.00 bits per heavy atom. The van der Waals surface area contributed by atoms with E-state index < -0.39 is 0 Å². The van der Waals surface area contributed by atoms with Gasteiger partial charge in [0.15, 0.2) is 5.78 Å². The Kier molecular flexibility index (Phi) is 2.87. The van der Waals surface area contributed by atoms with Crippen molar-refractivity contribution in [1.29, 1.82) is 0 Å². The number of nitrogens with two attached hydrogens (primary N) is 1. The van der Waals surface area contributed by atoms with Crippen LogP contribution >= 0.6 is 0 Å². The number of hydrogen-bond donors (Lipinski definition) is 2. The first-order valence-electron chi connectivity index (χ1n) is 6.10. The van der Waals surface area contributed by atoms with Crippen LogP contribution in [0.4, 0.5) is 5.69 Å². The number of H-pyrrole nitrogens is 1. The molecule has 5 nitrogen and oxygen atoms in total. The standard InChI is InChI=1S/C15H13N3O2/c1-20-14-6-9(2-3-12(14)16)15(19)11-8-18-13-4-5-17-7-10(11)13/h2-8,18H,16H2,1H3. The molecule has 5 heteroatoms. The predicted molar refractivity (Wildman–Crippen MR) is 76.9 cm³/mol. The van der Waals surface area contributed by atoms with Gasteiger partial charge in [0.1, 0.15) is 5.75 Å². The number of methoxy groups -OCH3 is 1. The first-order chi connectivity index (χ1) is 9.70. The van der Waals surface area contributed by atoms with Crippen molar-refractivity contribution in [3.63, 3.8) is 0 Å². The van der Waals surface area contributed by atoms with E-state index in [1.807, 2.05) is 6.07 Å². The summed E-state index contributed by atoms with van der Waals surface area (Å²) in [7, 11) is 1.52. The highest BCUT2D eigenvalue weighted by molar-refractivity contribution is 6.16. The van der Waals surface area contributed by atoms with Crippen LogP contribution < -0.4 is 10.5 Å². The van der Waals surface area contributed by atoms with Gasteiger partial charge in [-0.15, -0.1) is 0 Å². The molecule has 0 bridgehead atoms. The van der Waals surface area contributed by atoms with Crippen LogP contribution in [-0.2, 0) is 0 Å². The van der Waals surface area contributed by atoms with Crippen LogP contribution in [0.1, 0.15) is 15.9 Å². The van der Waals surface area contributed by atoms with Crippen molar-refractivity contribution in [2.45, 2.75) is 0 Å². The molecule has 0 amide bonds. The number of nitrogen functional groups attached to an aromatic ring is 1. The number of pyridine rings is 1. The minimum atomic E-state index is -0.0949. The van der Waals surface area contributed by atoms with Crippen LogP contribution in [0.25, 0.3) is 10.9 Å². The van der Waals surface area contributed by atoms with E-state index in [-0.39, 0.29) is 5.78 Å². The van der Waals surface area contributed by atoms with Crippen LogP contribution in [0.15, 0.2) is 42.9 Å². The van der Waals surface area contributed by atoms with E-state index in [1.54, 1.807) is 36.8 Å². The third-order valence-corrected chi connectivity index (χ3v) is 3.22. The van der Waals surface area contributed by atoms with E-state index in [4.69, 9.17) is 10.5 Å². The molecule has 0 aliphatic rings. The first-order valence-corrected chi connectivity index (χ1v) is 6.10. The molecule has 1 aromatic carbocycles. The molecule has 20 heavy (non-hydrogen) atoms. The molecule has 0 aliphatic heterocycles.